The molecule has 1 fully saturated rings. The van der Waals surface area contributed by atoms with E-state index in [1.54, 1.807) is 6.07 Å². The van der Waals surface area contributed by atoms with Crippen LogP contribution < -0.4 is 10.6 Å². The summed E-state index contributed by atoms with van der Waals surface area (Å²) in [6.45, 7) is 3.05. The summed E-state index contributed by atoms with van der Waals surface area (Å²) in [5.74, 6) is 0.378. The summed E-state index contributed by atoms with van der Waals surface area (Å²) < 4.78 is 13.1. The molecule has 4 heteroatoms. The van der Waals surface area contributed by atoms with E-state index < -0.39 is 0 Å². The molecule has 16 heavy (non-hydrogen) atoms. The van der Waals surface area contributed by atoms with Gasteiger partial charge in [-0.15, -0.1) is 0 Å². The Balaban J connectivity index is 1.88. The van der Waals surface area contributed by atoms with Crippen molar-refractivity contribution >= 4 is 17.3 Å². The summed E-state index contributed by atoms with van der Waals surface area (Å²) in [5.41, 5.74) is 0.767. The fourth-order valence-corrected chi connectivity index (χ4v) is 2.23. The summed E-state index contributed by atoms with van der Waals surface area (Å²) in [6.07, 6.45) is 2.35. The predicted octanol–water partition coefficient (Wildman–Crippen LogP) is 2.89. The Kier molecular flexibility index (Phi) is 4.02. The molecule has 1 heterocycles. The highest BCUT2D eigenvalue weighted by molar-refractivity contribution is 6.30. The standard InChI is InChI=1S/C12H16ClFN2/c13-10-5-11(14)7-12(6-10)16-8-9-1-3-15-4-2-9/h5-7,9,15-16H,1-4,8H2. The quantitative estimate of drug-likeness (QED) is 0.852. The molecule has 0 spiro atoms. The van der Waals surface area contributed by atoms with Crippen LogP contribution in [0.4, 0.5) is 10.1 Å². The molecular weight excluding hydrogens is 227 g/mol. The van der Waals surface area contributed by atoms with Gasteiger partial charge in [-0.2, -0.15) is 0 Å². The average Bonchev–Trinajstić information content (AvgIpc) is 2.27. The maximum atomic E-state index is 13.1. The molecule has 88 valence electrons. The number of benzene rings is 1. The summed E-state index contributed by atoms with van der Waals surface area (Å²) >= 11 is 5.78. The number of halogens is 2. The zero-order valence-corrected chi connectivity index (χ0v) is 9.86. The van der Waals surface area contributed by atoms with Gasteiger partial charge in [-0.25, -0.2) is 4.39 Å². The molecule has 2 N–H and O–H groups in total. The van der Waals surface area contributed by atoms with Crippen molar-refractivity contribution < 1.29 is 4.39 Å². The number of anilines is 1. The molecule has 0 atom stereocenters. The zero-order chi connectivity index (χ0) is 11.4. The number of nitrogens with one attached hydrogen (secondary N) is 2. The fraction of sp³-hybridized carbons (Fsp3) is 0.500. The van der Waals surface area contributed by atoms with Gasteiger partial charge in [0.15, 0.2) is 0 Å². The molecule has 1 aromatic carbocycles. The van der Waals surface area contributed by atoms with Crippen molar-refractivity contribution in [1.82, 2.24) is 5.32 Å². The Labute approximate surface area is 100 Å². The number of piperidine rings is 1. The third kappa shape index (κ3) is 3.35. The monoisotopic (exact) mass is 242 g/mol. The van der Waals surface area contributed by atoms with Gasteiger partial charge in [0.2, 0.25) is 0 Å². The predicted molar refractivity (Wildman–Crippen MR) is 65.5 cm³/mol. The van der Waals surface area contributed by atoms with Crippen molar-refractivity contribution in [3.8, 4) is 0 Å². The van der Waals surface area contributed by atoms with Gasteiger partial charge in [0.25, 0.3) is 0 Å². The SMILES string of the molecule is Fc1cc(Cl)cc(NCC2CCNCC2)c1. The maximum absolute atomic E-state index is 13.1. The van der Waals surface area contributed by atoms with E-state index in [1.165, 1.54) is 25.0 Å². The first-order valence-electron chi connectivity index (χ1n) is 5.65. The van der Waals surface area contributed by atoms with Gasteiger partial charge in [0.05, 0.1) is 0 Å². The van der Waals surface area contributed by atoms with Crippen LogP contribution in [0, 0.1) is 11.7 Å². The first-order chi connectivity index (χ1) is 7.74. The molecule has 1 aliphatic rings. The summed E-state index contributed by atoms with van der Waals surface area (Å²) in [5, 5.41) is 7.00. The second kappa shape index (κ2) is 5.51. The highest BCUT2D eigenvalue weighted by Crippen LogP contribution is 2.19. The molecule has 0 bridgehead atoms. The minimum atomic E-state index is -0.291. The lowest BCUT2D eigenvalue weighted by molar-refractivity contribution is 0.390. The Hall–Kier alpha value is -0.800. The molecule has 0 saturated carbocycles. The number of rotatable bonds is 3. The van der Waals surface area contributed by atoms with Gasteiger partial charge in [-0.3, -0.25) is 0 Å². The second-order valence-corrected chi connectivity index (χ2v) is 4.67. The normalized spacial score (nSPS) is 17.4. The molecule has 0 unspecified atom stereocenters. The smallest absolute Gasteiger partial charge is 0.126 e. The van der Waals surface area contributed by atoms with Crippen LogP contribution in [0.2, 0.25) is 5.02 Å². The Morgan fingerprint density at radius 1 is 1.31 bits per heavy atom. The van der Waals surface area contributed by atoms with Gasteiger partial charge in [-0.1, -0.05) is 11.6 Å². The number of hydrogen-bond donors (Lipinski definition) is 2. The van der Waals surface area contributed by atoms with Gasteiger partial charge < -0.3 is 10.6 Å². The minimum absolute atomic E-state index is 0.291. The van der Waals surface area contributed by atoms with E-state index in [0.29, 0.717) is 10.9 Å². The molecule has 1 saturated heterocycles. The van der Waals surface area contributed by atoms with E-state index in [2.05, 4.69) is 10.6 Å². The van der Waals surface area contributed by atoms with Crippen LogP contribution >= 0.6 is 11.6 Å². The summed E-state index contributed by atoms with van der Waals surface area (Å²) in [7, 11) is 0. The molecule has 0 aromatic heterocycles. The minimum Gasteiger partial charge on any atom is -0.385 e. The molecule has 1 aromatic rings. The van der Waals surface area contributed by atoms with Crippen LogP contribution in [0.3, 0.4) is 0 Å². The van der Waals surface area contributed by atoms with E-state index >= 15 is 0 Å². The van der Waals surface area contributed by atoms with Gasteiger partial charge in [-0.05, 0) is 50.0 Å². The van der Waals surface area contributed by atoms with Crippen LogP contribution in [-0.2, 0) is 0 Å². The maximum Gasteiger partial charge on any atom is 0.126 e. The van der Waals surface area contributed by atoms with Crippen molar-refractivity contribution in [3.63, 3.8) is 0 Å². The first kappa shape index (κ1) is 11.7. The van der Waals surface area contributed by atoms with Crippen molar-refractivity contribution in [2.45, 2.75) is 12.8 Å². The van der Waals surface area contributed by atoms with Crippen LogP contribution in [0.15, 0.2) is 18.2 Å². The van der Waals surface area contributed by atoms with Crippen LogP contribution in [0.1, 0.15) is 12.8 Å². The van der Waals surface area contributed by atoms with Crippen molar-refractivity contribution in [3.05, 3.63) is 29.0 Å². The summed E-state index contributed by atoms with van der Waals surface area (Å²) in [6, 6.07) is 4.55. The lowest BCUT2D eigenvalue weighted by Gasteiger charge is -2.23. The van der Waals surface area contributed by atoms with E-state index in [0.717, 1.165) is 25.3 Å². The Morgan fingerprint density at radius 3 is 2.75 bits per heavy atom. The number of hydrogen-bond acceptors (Lipinski definition) is 2. The highest BCUT2D eigenvalue weighted by Gasteiger charge is 2.12. The lowest BCUT2D eigenvalue weighted by Crippen LogP contribution is -2.31. The van der Waals surface area contributed by atoms with Gasteiger partial charge >= 0.3 is 0 Å². The van der Waals surface area contributed by atoms with Crippen LogP contribution in [-0.4, -0.2) is 19.6 Å². The highest BCUT2D eigenvalue weighted by atomic mass is 35.5. The molecular formula is C12H16ClFN2. The van der Waals surface area contributed by atoms with E-state index in [-0.39, 0.29) is 5.82 Å². The average molecular weight is 243 g/mol. The van der Waals surface area contributed by atoms with E-state index in [1.807, 2.05) is 0 Å². The van der Waals surface area contributed by atoms with Crippen molar-refractivity contribution in [2.24, 2.45) is 5.92 Å². The second-order valence-electron chi connectivity index (χ2n) is 4.23. The van der Waals surface area contributed by atoms with E-state index in [4.69, 9.17) is 11.6 Å². The zero-order valence-electron chi connectivity index (χ0n) is 9.10. The molecule has 0 amide bonds. The van der Waals surface area contributed by atoms with Gasteiger partial charge in [0, 0.05) is 17.3 Å². The molecule has 0 radical (unpaired) electrons. The lowest BCUT2D eigenvalue weighted by atomic mass is 9.98. The van der Waals surface area contributed by atoms with Gasteiger partial charge in [0.1, 0.15) is 5.82 Å². The van der Waals surface area contributed by atoms with Crippen molar-refractivity contribution in [1.29, 1.82) is 0 Å². The molecule has 2 rings (SSSR count). The topological polar surface area (TPSA) is 24.1 Å². The van der Waals surface area contributed by atoms with Crippen LogP contribution in [0.25, 0.3) is 0 Å². The molecule has 2 nitrogen and oxygen atoms in total. The third-order valence-corrected chi connectivity index (χ3v) is 3.13. The molecule has 0 aliphatic carbocycles. The summed E-state index contributed by atoms with van der Waals surface area (Å²) in [4.78, 5) is 0. The van der Waals surface area contributed by atoms with Crippen LogP contribution in [0.5, 0.6) is 0 Å². The van der Waals surface area contributed by atoms with E-state index in [9.17, 15) is 4.39 Å². The third-order valence-electron chi connectivity index (χ3n) is 2.92. The largest absolute Gasteiger partial charge is 0.385 e. The molecule has 1 aliphatic heterocycles. The Bertz CT molecular complexity index is 331. The Morgan fingerprint density at radius 2 is 2.06 bits per heavy atom. The first-order valence-corrected chi connectivity index (χ1v) is 6.02. The van der Waals surface area contributed by atoms with Crippen molar-refractivity contribution in [2.75, 3.05) is 25.0 Å². The fourth-order valence-electron chi connectivity index (χ4n) is 2.00.